The fourth-order valence-electron chi connectivity index (χ4n) is 0. The van der Waals surface area contributed by atoms with Gasteiger partial charge in [-0.3, -0.25) is 0 Å². The first-order valence-electron chi connectivity index (χ1n) is 1.13. The molecule has 0 unspecified atom stereocenters. The van der Waals surface area contributed by atoms with Gasteiger partial charge in [0.2, 0.25) is 6.16 Å². The molecule has 0 saturated heterocycles. The van der Waals surface area contributed by atoms with E-state index < -0.39 is 6.16 Å². The molecule has 0 aromatic heterocycles. The van der Waals surface area contributed by atoms with Crippen LogP contribution in [0.3, 0.4) is 0 Å². The first kappa shape index (κ1) is 33.7. The van der Waals surface area contributed by atoms with Gasteiger partial charge in [-0.25, -0.2) is 0 Å². The third-order valence-corrected chi connectivity index (χ3v) is 0. The Labute approximate surface area is 96.7 Å². The van der Waals surface area contributed by atoms with Crippen LogP contribution in [0.4, 0.5) is 4.79 Å². The van der Waals surface area contributed by atoms with Gasteiger partial charge in [0.15, 0.2) is 0 Å². The van der Waals surface area contributed by atoms with Crippen molar-refractivity contribution in [2.75, 3.05) is 0 Å². The third kappa shape index (κ3) is 1150. The van der Waals surface area contributed by atoms with E-state index in [1.54, 1.807) is 0 Å². The standard InChI is InChI=1S/C2H4.CH2O3.K.2H3N/c1-2;2-1(3)4;;;/h1-2H2;(H2,2,3,4);;2*1H3/q;;+1;;/p-1. The second kappa shape index (κ2) is 38.6. The van der Waals surface area contributed by atoms with Gasteiger partial charge in [0, 0.05) is 0 Å². The first-order chi connectivity index (χ1) is 2.73. The van der Waals surface area contributed by atoms with Gasteiger partial charge in [-0.2, -0.15) is 0 Å². The van der Waals surface area contributed by atoms with Crippen LogP contribution in [0.15, 0.2) is 13.2 Å². The number of rotatable bonds is 0. The maximum atomic E-state index is 8.44. The van der Waals surface area contributed by atoms with Crippen molar-refractivity contribution in [2.24, 2.45) is 0 Å². The number of hydrogen-bond donors (Lipinski definition) is 3. The summed E-state index contributed by atoms with van der Waals surface area (Å²) >= 11 is 0. The molecule has 0 rings (SSSR count). The first-order valence-corrected chi connectivity index (χ1v) is 1.13. The summed E-state index contributed by atoms with van der Waals surface area (Å²) < 4.78 is 0. The molecule has 0 aromatic carbocycles. The fraction of sp³-hybridized carbons (Fsp3) is 0. The van der Waals surface area contributed by atoms with Crippen molar-refractivity contribution >= 4 is 6.16 Å². The number of carbonyl (C=O) groups is 1. The molecule has 5 nitrogen and oxygen atoms in total. The summed E-state index contributed by atoms with van der Waals surface area (Å²) in [5.41, 5.74) is 0. The summed E-state index contributed by atoms with van der Waals surface area (Å²) in [4.78, 5) is 8.44. The van der Waals surface area contributed by atoms with Crippen LogP contribution in [-0.2, 0) is 0 Å². The largest absolute Gasteiger partial charge is 1.00 e. The Kier molecular flexibility index (Phi) is 144. The predicted molar refractivity (Wildman–Crippen MR) is 29.3 cm³/mol. The second-order valence-corrected chi connectivity index (χ2v) is 0.266. The van der Waals surface area contributed by atoms with Crippen LogP contribution in [-0.4, -0.2) is 11.3 Å². The average molecular weight is 162 g/mol. The Morgan fingerprint density at radius 3 is 1.33 bits per heavy atom. The smallest absolute Gasteiger partial charge is 0.565 e. The van der Waals surface area contributed by atoms with Crippen LogP contribution < -0.4 is 68.8 Å². The van der Waals surface area contributed by atoms with Crippen LogP contribution >= 0.6 is 0 Å². The fourth-order valence-corrected chi connectivity index (χ4v) is 0. The Morgan fingerprint density at radius 1 is 1.33 bits per heavy atom. The molecule has 0 amide bonds. The van der Waals surface area contributed by atoms with E-state index in [1.165, 1.54) is 0 Å². The second-order valence-electron chi connectivity index (χ2n) is 0.266. The van der Waals surface area contributed by atoms with Crippen molar-refractivity contribution in [3.8, 4) is 0 Å². The van der Waals surface area contributed by atoms with Gasteiger partial charge in [0.25, 0.3) is 0 Å². The molecule has 0 heterocycles. The van der Waals surface area contributed by atoms with Crippen LogP contribution in [0.25, 0.3) is 0 Å². The molecule has 6 heteroatoms. The molecule has 0 radical (unpaired) electrons. The van der Waals surface area contributed by atoms with Gasteiger partial charge in [-0.05, 0) is 0 Å². The van der Waals surface area contributed by atoms with Gasteiger partial charge in [0.05, 0.1) is 0 Å². The Hall–Kier alpha value is 0.566. The van der Waals surface area contributed by atoms with Crippen molar-refractivity contribution in [2.45, 2.75) is 0 Å². The quantitative estimate of drug-likeness (QED) is 0.258. The zero-order chi connectivity index (χ0) is 5.58. The Balaban J connectivity index is -0.00000000990. The molecular weight excluding hydrogens is 151 g/mol. The summed E-state index contributed by atoms with van der Waals surface area (Å²) in [7, 11) is 0. The SMILES string of the molecule is C=C.N.N.O=C([O-])O.[K+]. The normalized spacial score (nSPS) is 3.11. The van der Waals surface area contributed by atoms with E-state index in [9.17, 15) is 0 Å². The van der Waals surface area contributed by atoms with Gasteiger partial charge in [-0.1, -0.05) is 0 Å². The van der Waals surface area contributed by atoms with Crippen molar-refractivity contribution < 1.29 is 66.4 Å². The molecule has 0 aliphatic carbocycles. The molecule has 0 fully saturated rings. The predicted octanol–water partition coefficient (Wildman–Crippen LogP) is -2.98. The minimum Gasteiger partial charge on any atom is -0.565 e. The van der Waals surface area contributed by atoms with Crippen molar-refractivity contribution in [3.63, 3.8) is 0 Å². The van der Waals surface area contributed by atoms with Gasteiger partial charge in [0.1, 0.15) is 0 Å². The molecule has 7 N–H and O–H groups in total. The number of hydrogen-bond acceptors (Lipinski definition) is 4. The van der Waals surface area contributed by atoms with Crippen molar-refractivity contribution in [3.05, 3.63) is 13.2 Å². The average Bonchev–Trinajstić information content (AvgIpc) is 1.41. The third-order valence-electron chi connectivity index (χ3n) is 0. The molecular formula is C3H11KN2O3. The molecule has 0 atom stereocenters. The minimum absolute atomic E-state index is 0. The molecule has 0 spiro atoms. The van der Waals surface area contributed by atoms with E-state index in [0.29, 0.717) is 0 Å². The van der Waals surface area contributed by atoms with E-state index >= 15 is 0 Å². The van der Waals surface area contributed by atoms with Crippen molar-refractivity contribution in [1.82, 2.24) is 12.3 Å². The summed E-state index contributed by atoms with van der Waals surface area (Å²) in [6.45, 7) is 6.00. The Morgan fingerprint density at radius 2 is 1.33 bits per heavy atom. The maximum Gasteiger partial charge on any atom is 1.00 e. The van der Waals surface area contributed by atoms with Crippen molar-refractivity contribution in [1.29, 1.82) is 0 Å². The van der Waals surface area contributed by atoms with E-state index in [2.05, 4.69) is 13.2 Å². The molecule has 0 aliphatic heterocycles. The molecule has 0 aliphatic rings. The maximum absolute atomic E-state index is 8.44. The van der Waals surface area contributed by atoms with E-state index in [0.717, 1.165) is 0 Å². The summed E-state index contributed by atoms with van der Waals surface area (Å²) in [5, 5.41) is 15.3. The summed E-state index contributed by atoms with van der Waals surface area (Å²) in [6, 6.07) is 0. The van der Waals surface area contributed by atoms with E-state index in [4.69, 9.17) is 15.0 Å². The molecule has 0 aromatic rings. The zero-order valence-corrected chi connectivity index (χ0v) is 8.72. The number of carboxylic acid groups (broad SMARTS) is 2. The molecule has 0 saturated carbocycles. The van der Waals surface area contributed by atoms with Gasteiger partial charge in [-0.15, -0.1) is 13.2 Å². The summed E-state index contributed by atoms with van der Waals surface area (Å²) in [5.74, 6) is 0. The monoisotopic (exact) mass is 162 g/mol. The van der Waals surface area contributed by atoms with Crippen LogP contribution in [0.2, 0.25) is 0 Å². The van der Waals surface area contributed by atoms with Gasteiger partial charge < -0.3 is 27.3 Å². The zero-order valence-electron chi connectivity index (χ0n) is 5.59. The summed E-state index contributed by atoms with van der Waals surface area (Å²) in [6.07, 6.45) is -2.08. The van der Waals surface area contributed by atoms with Crippen LogP contribution in [0.5, 0.6) is 0 Å². The van der Waals surface area contributed by atoms with Gasteiger partial charge >= 0.3 is 51.4 Å². The van der Waals surface area contributed by atoms with E-state index in [1.807, 2.05) is 0 Å². The molecule has 9 heavy (non-hydrogen) atoms. The topological polar surface area (TPSA) is 130 Å². The van der Waals surface area contributed by atoms with Crippen LogP contribution in [0, 0.1) is 0 Å². The Bertz CT molecular complexity index is 48.3. The molecule has 52 valence electrons. The minimum atomic E-state index is -2.08. The molecule has 0 bridgehead atoms. The van der Waals surface area contributed by atoms with Crippen LogP contribution in [0.1, 0.15) is 0 Å². The van der Waals surface area contributed by atoms with E-state index in [-0.39, 0.29) is 63.7 Å².